The maximum Gasteiger partial charge on any atom is 0.251 e. The van der Waals surface area contributed by atoms with Crippen LogP contribution in [0, 0.1) is 0 Å². The number of fused-ring (bicyclic) bond motifs is 1. The van der Waals surface area contributed by atoms with Gasteiger partial charge in [0.2, 0.25) is 5.91 Å². The highest BCUT2D eigenvalue weighted by atomic mass is 16.5. The summed E-state index contributed by atoms with van der Waals surface area (Å²) in [5.41, 5.74) is 2.84. The summed E-state index contributed by atoms with van der Waals surface area (Å²) in [5, 5.41) is 2.81. The van der Waals surface area contributed by atoms with E-state index < -0.39 is 0 Å². The zero-order chi connectivity index (χ0) is 20.1. The van der Waals surface area contributed by atoms with Crippen LogP contribution in [0.5, 0.6) is 11.5 Å². The van der Waals surface area contributed by atoms with Gasteiger partial charge in [-0.3, -0.25) is 9.59 Å². The molecule has 0 unspecified atom stereocenters. The van der Waals surface area contributed by atoms with Gasteiger partial charge in [0.15, 0.2) is 11.5 Å². The number of carbonyl (C=O) groups is 2. The van der Waals surface area contributed by atoms with Gasteiger partial charge in [0.05, 0.1) is 20.3 Å². The first kappa shape index (κ1) is 19.7. The Balaban J connectivity index is 1.62. The number of carbonyl (C=O) groups excluding carboxylic acids is 2. The lowest BCUT2D eigenvalue weighted by Crippen LogP contribution is -2.40. The molecule has 2 aromatic rings. The maximum absolute atomic E-state index is 12.7. The Morgan fingerprint density at radius 3 is 2.46 bits per heavy atom. The predicted molar refractivity (Wildman–Crippen MR) is 107 cm³/mol. The van der Waals surface area contributed by atoms with E-state index in [1.165, 1.54) is 5.56 Å². The van der Waals surface area contributed by atoms with Crippen LogP contribution in [0.1, 0.15) is 40.9 Å². The molecule has 0 spiro atoms. The van der Waals surface area contributed by atoms with Crippen molar-refractivity contribution in [1.82, 2.24) is 10.2 Å². The highest BCUT2D eigenvalue weighted by molar-refractivity contribution is 5.94. The second-order valence-corrected chi connectivity index (χ2v) is 6.79. The van der Waals surface area contributed by atoms with E-state index in [-0.39, 0.29) is 24.3 Å². The molecule has 1 atom stereocenters. The van der Waals surface area contributed by atoms with Crippen LogP contribution < -0.4 is 14.8 Å². The van der Waals surface area contributed by atoms with E-state index in [4.69, 9.17) is 9.47 Å². The smallest absolute Gasteiger partial charge is 0.251 e. The zero-order valence-electron chi connectivity index (χ0n) is 16.5. The van der Waals surface area contributed by atoms with E-state index in [0.29, 0.717) is 30.2 Å². The highest BCUT2D eigenvalue weighted by Crippen LogP contribution is 2.37. The Morgan fingerprint density at radius 1 is 1.11 bits per heavy atom. The molecule has 1 N–H and O–H groups in total. The lowest BCUT2D eigenvalue weighted by atomic mass is 9.92. The minimum Gasteiger partial charge on any atom is -0.493 e. The molecule has 0 saturated heterocycles. The normalized spacial score (nSPS) is 15.5. The lowest BCUT2D eigenvalue weighted by molar-refractivity contribution is -0.133. The molecule has 0 radical (unpaired) electrons. The Kier molecular flexibility index (Phi) is 6.19. The summed E-state index contributed by atoms with van der Waals surface area (Å²) >= 11 is 0. The SMILES string of the molecule is COc1cc2c(cc1OC)[C@@H](C)N(C(=O)CCNC(=O)c1ccccc1)CC2. The summed E-state index contributed by atoms with van der Waals surface area (Å²) in [5.74, 6) is 1.23. The molecule has 2 amide bonds. The summed E-state index contributed by atoms with van der Waals surface area (Å²) < 4.78 is 10.8. The number of hydrogen-bond acceptors (Lipinski definition) is 4. The zero-order valence-corrected chi connectivity index (χ0v) is 16.5. The first-order valence-electron chi connectivity index (χ1n) is 9.42. The van der Waals surface area contributed by atoms with Gasteiger partial charge < -0.3 is 19.7 Å². The first-order valence-corrected chi connectivity index (χ1v) is 9.42. The van der Waals surface area contributed by atoms with Gasteiger partial charge in [-0.2, -0.15) is 0 Å². The molecule has 1 aliphatic rings. The predicted octanol–water partition coefficient (Wildman–Crippen LogP) is 2.97. The molecular weight excluding hydrogens is 356 g/mol. The van der Waals surface area contributed by atoms with Gasteiger partial charge in [-0.15, -0.1) is 0 Å². The second-order valence-electron chi connectivity index (χ2n) is 6.79. The first-order chi connectivity index (χ1) is 13.5. The van der Waals surface area contributed by atoms with Crippen LogP contribution in [0.4, 0.5) is 0 Å². The van der Waals surface area contributed by atoms with Gasteiger partial charge in [0.25, 0.3) is 5.91 Å². The van der Waals surface area contributed by atoms with Crippen LogP contribution in [0.15, 0.2) is 42.5 Å². The number of nitrogens with zero attached hydrogens (tertiary/aromatic N) is 1. The van der Waals surface area contributed by atoms with Gasteiger partial charge >= 0.3 is 0 Å². The van der Waals surface area contributed by atoms with Crippen LogP contribution in [0.2, 0.25) is 0 Å². The molecule has 0 bridgehead atoms. The van der Waals surface area contributed by atoms with Crippen molar-refractivity contribution in [2.75, 3.05) is 27.3 Å². The van der Waals surface area contributed by atoms with Gasteiger partial charge in [0.1, 0.15) is 0 Å². The van der Waals surface area contributed by atoms with Crippen molar-refractivity contribution in [3.8, 4) is 11.5 Å². The highest BCUT2D eigenvalue weighted by Gasteiger charge is 2.28. The van der Waals surface area contributed by atoms with Crippen molar-refractivity contribution in [3.63, 3.8) is 0 Å². The molecule has 148 valence electrons. The van der Waals surface area contributed by atoms with E-state index in [2.05, 4.69) is 5.32 Å². The Morgan fingerprint density at radius 2 is 1.79 bits per heavy atom. The van der Waals surface area contributed by atoms with E-state index in [9.17, 15) is 9.59 Å². The van der Waals surface area contributed by atoms with E-state index in [1.54, 1.807) is 26.4 Å². The van der Waals surface area contributed by atoms with Gasteiger partial charge in [-0.25, -0.2) is 0 Å². The van der Waals surface area contributed by atoms with Gasteiger partial charge in [-0.05, 0) is 48.7 Å². The standard InChI is InChI=1S/C22H26N2O4/c1-15-18-14-20(28-3)19(27-2)13-17(18)10-12-24(15)21(25)9-11-23-22(26)16-7-5-4-6-8-16/h4-8,13-15H,9-12H2,1-3H3,(H,23,26)/t15-/m1/s1. The van der Waals surface area contributed by atoms with E-state index in [1.807, 2.05) is 42.2 Å². The van der Waals surface area contributed by atoms with Crippen molar-refractivity contribution < 1.29 is 19.1 Å². The van der Waals surface area contributed by atoms with Crippen LogP contribution in [-0.2, 0) is 11.2 Å². The van der Waals surface area contributed by atoms with Gasteiger partial charge in [0, 0.05) is 25.1 Å². The molecule has 28 heavy (non-hydrogen) atoms. The molecule has 6 heteroatoms. The summed E-state index contributed by atoms with van der Waals surface area (Å²) in [4.78, 5) is 26.7. The fraction of sp³-hybridized carbons (Fsp3) is 0.364. The second kappa shape index (κ2) is 8.78. The quantitative estimate of drug-likeness (QED) is 0.834. The number of methoxy groups -OCH3 is 2. The van der Waals surface area contributed by atoms with E-state index in [0.717, 1.165) is 12.0 Å². The molecule has 3 rings (SSSR count). The summed E-state index contributed by atoms with van der Waals surface area (Å²) in [6.45, 7) is 2.98. The fourth-order valence-electron chi connectivity index (χ4n) is 3.60. The molecule has 0 fully saturated rings. The van der Waals surface area contributed by atoms with Crippen molar-refractivity contribution in [2.45, 2.75) is 25.8 Å². The Hall–Kier alpha value is -3.02. The third kappa shape index (κ3) is 4.11. The largest absolute Gasteiger partial charge is 0.493 e. The minimum absolute atomic E-state index is 0.0290. The number of benzene rings is 2. The van der Waals surface area contributed by atoms with Crippen LogP contribution >= 0.6 is 0 Å². The number of rotatable bonds is 6. The average Bonchev–Trinajstić information content (AvgIpc) is 2.73. The van der Waals surface area contributed by atoms with Gasteiger partial charge in [-0.1, -0.05) is 18.2 Å². The number of hydrogen-bond donors (Lipinski definition) is 1. The third-order valence-electron chi connectivity index (χ3n) is 5.17. The minimum atomic E-state index is -0.165. The molecule has 1 heterocycles. The maximum atomic E-state index is 12.7. The van der Waals surface area contributed by atoms with Crippen molar-refractivity contribution in [1.29, 1.82) is 0 Å². The van der Waals surface area contributed by atoms with Crippen molar-refractivity contribution in [3.05, 3.63) is 59.2 Å². The number of ether oxygens (including phenoxy) is 2. The fourth-order valence-corrected chi connectivity index (χ4v) is 3.60. The van der Waals surface area contributed by atoms with Crippen LogP contribution in [0.25, 0.3) is 0 Å². The molecule has 0 aromatic heterocycles. The van der Waals surface area contributed by atoms with Crippen LogP contribution in [-0.4, -0.2) is 44.0 Å². The number of amides is 2. The molecule has 0 saturated carbocycles. The molecular formula is C22H26N2O4. The third-order valence-corrected chi connectivity index (χ3v) is 5.17. The van der Waals surface area contributed by atoms with E-state index >= 15 is 0 Å². The number of nitrogens with one attached hydrogen (secondary N) is 1. The topological polar surface area (TPSA) is 67.9 Å². The molecule has 1 aliphatic heterocycles. The lowest BCUT2D eigenvalue weighted by Gasteiger charge is -2.36. The van der Waals surface area contributed by atoms with Crippen LogP contribution in [0.3, 0.4) is 0 Å². The Labute approximate surface area is 165 Å². The van der Waals surface area contributed by atoms with Crippen molar-refractivity contribution in [2.24, 2.45) is 0 Å². The average molecular weight is 382 g/mol. The monoisotopic (exact) mass is 382 g/mol. The Bertz CT molecular complexity index is 851. The van der Waals surface area contributed by atoms with Crippen molar-refractivity contribution >= 4 is 11.8 Å². The molecule has 0 aliphatic carbocycles. The molecule has 6 nitrogen and oxygen atoms in total. The molecule has 2 aromatic carbocycles. The summed E-state index contributed by atoms with van der Waals surface area (Å²) in [6.07, 6.45) is 1.04. The summed E-state index contributed by atoms with van der Waals surface area (Å²) in [6, 6.07) is 12.9. The summed E-state index contributed by atoms with van der Waals surface area (Å²) in [7, 11) is 3.23.